The molecule has 16 heavy (non-hydrogen) atoms. The van der Waals surface area contributed by atoms with Crippen LogP contribution in [0.3, 0.4) is 0 Å². The van der Waals surface area contributed by atoms with E-state index in [-0.39, 0.29) is 6.61 Å². The molecule has 1 aromatic rings. The van der Waals surface area contributed by atoms with Gasteiger partial charge in [-0.2, -0.15) is 0 Å². The minimum atomic E-state index is -0.705. The fourth-order valence-electron chi connectivity index (χ4n) is 1.30. The first-order valence-corrected chi connectivity index (χ1v) is 5.32. The van der Waals surface area contributed by atoms with Crippen molar-refractivity contribution < 1.29 is 14.6 Å². The van der Waals surface area contributed by atoms with Gasteiger partial charge >= 0.3 is 0 Å². The maximum atomic E-state index is 11.0. The molecule has 0 saturated carbocycles. The second kappa shape index (κ2) is 5.72. The van der Waals surface area contributed by atoms with Crippen LogP contribution in [0.5, 0.6) is 5.75 Å². The van der Waals surface area contributed by atoms with Gasteiger partial charge in [-0.15, -0.1) is 0 Å². The number of hydrogen-bond acceptors (Lipinski definition) is 3. The molecule has 0 aliphatic rings. The Balaban J connectivity index is 2.95. The summed E-state index contributed by atoms with van der Waals surface area (Å²) in [7, 11) is 0. The molecule has 0 aliphatic carbocycles. The predicted molar refractivity (Wildman–Crippen MR) is 61.3 cm³/mol. The second-order valence-electron chi connectivity index (χ2n) is 3.29. The van der Waals surface area contributed by atoms with Crippen molar-refractivity contribution in [2.45, 2.75) is 26.1 Å². The number of halogens is 1. The molecule has 1 atom stereocenters. The standard InChI is InChI=1S/C11H14ClNO3/c1-2-9(11(13)15)16-10-5-3-4-8(12)7(10)6-14/h3-5,9,14H,2,6H2,1H3,(H2,13,15). The summed E-state index contributed by atoms with van der Waals surface area (Å²) in [4.78, 5) is 11.0. The Morgan fingerprint density at radius 2 is 2.31 bits per heavy atom. The van der Waals surface area contributed by atoms with Gasteiger partial charge in [0.15, 0.2) is 6.10 Å². The number of amides is 1. The molecule has 0 bridgehead atoms. The maximum Gasteiger partial charge on any atom is 0.258 e. The molecular formula is C11H14ClNO3. The third-order valence-corrected chi connectivity index (χ3v) is 2.55. The van der Waals surface area contributed by atoms with Crippen molar-refractivity contribution in [3.63, 3.8) is 0 Å². The Bertz CT molecular complexity index is 381. The molecule has 0 fully saturated rings. The highest BCUT2D eigenvalue weighted by molar-refractivity contribution is 6.31. The minimum Gasteiger partial charge on any atom is -0.480 e. The molecule has 1 aromatic carbocycles. The van der Waals surface area contributed by atoms with Crippen LogP contribution in [0.1, 0.15) is 18.9 Å². The van der Waals surface area contributed by atoms with Crippen molar-refractivity contribution >= 4 is 17.5 Å². The van der Waals surface area contributed by atoms with Crippen LogP contribution in [-0.4, -0.2) is 17.1 Å². The number of nitrogens with two attached hydrogens (primary N) is 1. The van der Waals surface area contributed by atoms with E-state index < -0.39 is 12.0 Å². The largest absolute Gasteiger partial charge is 0.480 e. The van der Waals surface area contributed by atoms with Crippen molar-refractivity contribution in [2.75, 3.05) is 0 Å². The summed E-state index contributed by atoms with van der Waals surface area (Å²) >= 11 is 5.88. The average molecular weight is 244 g/mol. The van der Waals surface area contributed by atoms with E-state index in [1.165, 1.54) is 0 Å². The Morgan fingerprint density at radius 3 is 2.81 bits per heavy atom. The monoisotopic (exact) mass is 243 g/mol. The molecule has 0 aromatic heterocycles. The molecule has 1 unspecified atom stereocenters. The number of aliphatic hydroxyl groups excluding tert-OH is 1. The highest BCUT2D eigenvalue weighted by Gasteiger charge is 2.17. The highest BCUT2D eigenvalue weighted by Crippen LogP contribution is 2.27. The minimum absolute atomic E-state index is 0.246. The van der Waals surface area contributed by atoms with Crippen LogP contribution in [0.4, 0.5) is 0 Å². The summed E-state index contributed by atoms with van der Waals surface area (Å²) < 4.78 is 5.41. The number of carbonyl (C=O) groups is 1. The van der Waals surface area contributed by atoms with E-state index in [1.807, 2.05) is 0 Å². The quantitative estimate of drug-likeness (QED) is 0.823. The van der Waals surface area contributed by atoms with Crippen LogP contribution in [0.2, 0.25) is 5.02 Å². The summed E-state index contributed by atoms with van der Waals surface area (Å²) in [6.45, 7) is 1.54. The van der Waals surface area contributed by atoms with Gasteiger partial charge in [-0.1, -0.05) is 24.6 Å². The third-order valence-electron chi connectivity index (χ3n) is 2.19. The Morgan fingerprint density at radius 1 is 1.62 bits per heavy atom. The number of carbonyl (C=O) groups excluding carboxylic acids is 1. The van der Waals surface area contributed by atoms with Crippen LogP contribution in [0, 0.1) is 0 Å². The van der Waals surface area contributed by atoms with Crippen LogP contribution in [-0.2, 0) is 11.4 Å². The lowest BCUT2D eigenvalue weighted by molar-refractivity contribution is -0.124. The predicted octanol–water partition coefficient (Wildman–Crippen LogP) is 1.47. The number of aliphatic hydroxyl groups is 1. The van der Waals surface area contributed by atoms with E-state index in [1.54, 1.807) is 25.1 Å². The SMILES string of the molecule is CCC(Oc1cccc(Cl)c1CO)C(N)=O. The average Bonchev–Trinajstić information content (AvgIpc) is 2.25. The summed E-state index contributed by atoms with van der Waals surface area (Å²) in [6.07, 6.45) is -0.240. The van der Waals surface area contributed by atoms with E-state index in [0.717, 1.165) is 0 Å². The zero-order valence-electron chi connectivity index (χ0n) is 8.94. The number of hydrogen-bond donors (Lipinski definition) is 2. The summed E-state index contributed by atoms with van der Waals surface area (Å²) in [6, 6.07) is 4.97. The molecule has 88 valence electrons. The van der Waals surface area contributed by atoms with E-state index in [2.05, 4.69) is 0 Å². The first kappa shape index (κ1) is 12.8. The fourth-order valence-corrected chi connectivity index (χ4v) is 1.52. The normalized spacial score (nSPS) is 12.2. The van der Waals surface area contributed by atoms with Gasteiger partial charge < -0.3 is 15.6 Å². The smallest absolute Gasteiger partial charge is 0.258 e. The number of ether oxygens (including phenoxy) is 1. The fraction of sp³-hybridized carbons (Fsp3) is 0.364. The number of primary amides is 1. The Kier molecular flexibility index (Phi) is 4.58. The van der Waals surface area contributed by atoms with Gasteiger partial charge in [0.25, 0.3) is 5.91 Å². The van der Waals surface area contributed by atoms with Crippen molar-refractivity contribution in [3.05, 3.63) is 28.8 Å². The molecule has 0 spiro atoms. The molecule has 5 heteroatoms. The van der Waals surface area contributed by atoms with Crippen LogP contribution < -0.4 is 10.5 Å². The zero-order chi connectivity index (χ0) is 12.1. The van der Waals surface area contributed by atoms with Crippen molar-refractivity contribution in [1.82, 2.24) is 0 Å². The molecule has 0 saturated heterocycles. The van der Waals surface area contributed by atoms with Crippen molar-refractivity contribution in [2.24, 2.45) is 5.73 Å². The van der Waals surface area contributed by atoms with Gasteiger partial charge in [-0.25, -0.2) is 0 Å². The molecule has 4 nitrogen and oxygen atoms in total. The maximum absolute atomic E-state index is 11.0. The van der Waals surface area contributed by atoms with Crippen molar-refractivity contribution in [1.29, 1.82) is 0 Å². The lowest BCUT2D eigenvalue weighted by atomic mass is 10.2. The van der Waals surface area contributed by atoms with Crippen LogP contribution >= 0.6 is 11.6 Å². The van der Waals surface area contributed by atoms with Gasteiger partial charge in [0, 0.05) is 10.6 Å². The third kappa shape index (κ3) is 2.87. The Hall–Kier alpha value is -1.26. The molecule has 1 amide bonds. The summed E-state index contributed by atoms with van der Waals surface area (Å²) in [5.74, 6) is -0.146. The van der Waals surface area contributed by atoms with Gasteiger partial charge in [0.05, 0.1) is 6.61 Å². The van der Waals surface area contributed by atoms with Gasteiger partial charge in [0.1, 0.15) is 5.75 Å². The molecule has 3 N–H and O–H groups in total. The van der Waals surface area contributed by atoms with E-state index in [0.29, 0.717) is 22.8 Å². The molecule has 1 rings (SSSR count). The number of rotatable bonds is 5. The van der Waals surface area contributed by atoms with Gasteiger partial charge in [-0.05, 0) is 18.6 Å². The van der Waals surface area contributed by atoms with Crippen molar-refractivity contribution in [3.8, 4) is 5.75 Å². The first-order valence-electron chi connectivity index (χ1n) is 4.94. The first-order chi connectivity index (χ1) is 7.60. The molecule has 0 aliphatic heterocycles. The van der Waals surface area contributed by atoms with E-state index in [4.69, 9.17) is 27.2 Å². The lowest BCUT2D eigenvalue weighted by Crippen LogP contribution is -2.33. The second-order valence-corrected chi connectivity index (χ2v) is 3.70. The molecule has 0 heterocycles. The van der Waals surface area contributed by atoms with E-state index >= 15 is 0 Å². The van der Waals surface area contributed by atoms with Gasteiger partial charge in [-0.3, -0.25) is 4.79 Å². The molecule has 0 radical (unpaired) electrons. The summed E-state index contributed by atoms with van der Waals surface area (Å²) in [5, 5.41) is 9.54. The number of benzene rings is 1. The van der Waals surface area contributed by atoms with E-state index in [9.17, 15) is 4.79 Å². The van der Waals surface area contributed by atoms with Gasteiger partial charge in [0.2, 0.25) is 0 Å². The highest BCUT2D eigenvalue weighted by atomic mass is 35.5. The lowest BCUT2D eigenvalue weighted by Gasteiger charge is -2.16. The zero-order valence-corrected chi connectivity index (χ0v) is 9.70. The van der Waals surface area contributed by atoms with Crippen LogP contribution in [0.15, 0.2) is 18.2 Å². The summed E-state index contributed by atoms with van der Waals surface area (Å²) in [5.41, 5.74) is 5.63. The topological polar surface area (TPSA) is 72.6 Å². The Labute approximate surface area is 99.0 Å². The molecular weight excluding hydrogens is 230 g/mol. The van der Waals surface area contributed by atoms with Crippen LogP contribution in [0.25, 0.3) is 0 Å².